The average molecular weight is 309 g/mol. The Morgan fingerprint density at radius 1 is 1.22 bits per heavy atom. The van der Waals surface area contributed by atoms with Crippen molar-refractivity contribution < 1.29 is 4.79 Å². The van der Waals surface area contributed by atoms with E-state index in [-0.39, 0.29) is 17.4 Å². The number of hydrogen-bond acceptors (Lipinski definition) is 3. The zero-order chi connectivity index (χ0) is 16.2. The van der Waals surface area contributed by atoms with Crippen molar-refractivity contribution in [2.24, 2.45) is 16.7 Å². The van der Waals surface area contributed by atoms with Crippen molar-refractivity contribution >= 4 is 16.9 Å². The first-order valence-corrected chi connectivity index (χ1v) is 8.44. The van der Waals surface area contributed by atoms with Crippen molar-refractivity contribution in [2.45, 2.75) is 46.1 Å². The number of carbonyl (C=O) groups is 1. The van der Waals surface area contributed by atoms with Crippen LogP contribution >= 0.6 is 0 Å². The molecule has 1 heterocycles. The summed E-state index contributed by atoms with van der Waals surface area (Å²) in [6.45, 7) is 7.04. The van der Waals surface area contributed by atoms with E-state index in [0.717, 1.165) is 17.5 Å². The lowest BCUT2D eigenvalue weighted by molar-refractivity contribution is 0.0821. The van der Waals surface area contributed by atoms with Gasteiger partial charge in [-0.2, -0.15) is 0 Å². The molecule has 0 saturated heterocycles. The number of rotatable bonds is 2. The Morgan fingerprint density at radius 2 is 1.96 bits per heavy atom. The fourth-order valence-corrected chi connectivity index (χ4v) is 4.72. The monoisotopic (exact) mass is 309 g/mol. The number of benzene rings is 1. The van der Waals surface area contributed by atoms with Crippen LogP contribution < -0.4 is 5.32 Å². The first-order chi connectivity index (χ1) is 10.9. The number of aromatic nitrogens is 2. The molecule has 120 valence electrons. The molecule has 2 aromatic rings. The van der Waals surface area contributed by atoms with Gasteiger partial charge in [0.1, 0.15) is 5.69 Å². The van der Waals surface area contributed by atoms with Crippen molar-refractivity contribution in [3.63, 3.8) is 0 Å². The maximum atomic E-state index is 12.7. The van der Waals surface area contributed by atoms with Gasteiger partial charge in [0.25, 0.3) is 5.91 Å². The summed E-state index contributed by atoms with van der Waals surface area (Å²) < 4.78 is 0. The smallest absolute Gasteiger partial charge is 0.271 e. The zero-order valence-corrected chi connectivity index (χ0v) is 14.0. The van der Waals surface area contributed by atoms with E-state index in [4.69, 9.17) is 0 Å². The van der Waals surface area contributed by atoms with Gasteiger partial charge in [-0.25, -0.2) is 4.98 Å². The third kappa shape index (κ3) is 2.00. The largest absolute Gasteiger partial charge is 0.347 e. The van der Waals surface area contributed by atoms with Crippen LogP contribution in [0.4, 0.5) is 0 Å². The van der Waals surface area contributed by atoms with Crippen LogP contribution in [0, 0.1) is 16.7 Å². The van der Waals surface area contributed by atoms with Gasteiger partial charge in [-0.1, -0.05) is 32.9 Å². The van der Waals surface area contributed by atoms with Crippen LogP contribution in [0.1, 0.15) is 50.5 Å². The normalized spacial score (nSPS) is 31.4. The molecule has 4 heteroatoms. The van der Waals surface area contributed by atoms with E-state index >= 15 is 0 Å². The summed E-state index contributed by atoms with van der Waals surface area (Å²) in [5.41, 5.74) is 2.46. The van der Waals surface area contributed by atoms with E-state index in [1.54, 1.807) is 6.20 Å². The van der Waals surface area contributed by atoms with Crippen LogP contribution in [0.25, 0.3) is 11.0 Å². The molecule has 0 unspecified atom stereocenters. The van der Waals surface area contributed by atoms with Gasteiger partial charge in [0.2, 0.25) is 0 Å². The summed E-state index contributed by atoms with van der Waals surface area (Å²) in [4.78, 5) is 21.5. The highest BCUT2D eigenvalue weighted by Crippen LogP contribution is 2.65. The average Bonchev–Trinajstić information content (AvgIpc) is 2.87. The van der Waals surface area contributed by atoms with E-state index in [1.165, 1.54) is 12.8 Å². The van der Waals surface area contributed by atoms with Gasteiger partial charge in [-0.15, -0.1) is 0 Å². The fourth-order valence-electron chi connectivity index (χ4n) is 4.72. The summed E-state index contributed by atoms with van der Waals surface area (Å²) in [6, 6.07) is 7.87. The van der Waals surface area contributed by atoms with Crippen LogP contribution in [0.2, 0.25) is 0 Å². The van der Waals surface area contributed by atoms with E-state index in [1.807, 2.05) is 24.3 Å². The number of carbonyl (C=O) groups excluding carboxylic acids is 1. The third-order valence-electron chi connectivity index (χ3n) is 6.78. The summed E-state index contributed by atoms with van der Waals surface area (Å²) in [7, 11) is 0. The van der Waals surface area contributed by atoms with E-state index in [9.17, 15) is 4.79 Å². The minimum absolute atomic E-state index is 0.0992. The Bertz CT molecular complexity index is 785. The Hall–Kier alpha value is -1.97. The van der Waals surface area contributed by atoms with Gasteiger partial charge >= 0.3 is 0 Å². The molecule has 2 aliphatic rings. The maximum Gasteiger partial charge on any atom is 0.271 e. The number of nitrogens with zero attached hydrogens (tertiary/aromatic N) is 2. The number of fused-ring (bicyclic) bond motifs is 3. The molecule has 1 N–H and O–H groups in total. The minimum atomic E-state index is -0.0992. The molecule has 1 amide bonds. The molecule has 1 aromatic heterocycles. The first-order valence-electron chi connectivity index (χ1n) is 8.44. The highest BCUT2D eigenvalue weighted by atomic mass is 16.2. The van der Waals surface area contributed by atoms with Gasteiger partial charge in [0, 0.05) is 6.04 Å². The van der Waals surface area contributed by atoms with Crippen LogP contribution in [-0.2, 0) is 0 Å². The molecular formula is C19H23N3O. The molecule has 3 atom stereocenters. The third-order valence-corrected chi connectivity index (χ3v) is 6.78. The summed E-state index contributed by atoms with van der Waals surface area (Å²) in [5.74, 6) is 0.610. The number of hydrogen-bond donors (Lipinski definition) is 1. The Balaban J connectivity index is 1.58. The molecule has 0 radical (unpaired) electrons. The van der Waals surface area contributed by atoms with Crippen molar-refractivity contribution in [2.75, 3.05) is 0 Å². The second-order valence-electron chi connectivity index (χ2n) is 7.88. The Morgan fingerprint density at radius 3 is 2.61 bits per heavy atom. The predicted octanol–water partition coefficient (Wildman–Crippen LogP) is 3.57. The van der Waals surface area contributed by atoms with Crippen molar-refractivity contribution in [3.8, 4) is 0 Å². The highest BCUT2D eigenvalue weighted by Gasteiger charge is 2.61. The topological polar surface area (TPSA) is 54.9 Å². The molecule has 2 aliphatic carbocycles. The Kier molecular flexibility index (Phi) is 3.03. The molecule has 0 aliphatic heterocycles. The van der Waals surface area contributed by atoms with E-state index in [2.05, 4.69) is 36.1 Å². The summed E-state index contributed by atoms with van der Waals surface area (Å²) in [6.07, 6.45) is 5.14. The van der Waals surface area contributed by atoms with Crippen LogP contribution in [-0.4, -0.2) is 21.9 Å². The Labute approximate surface area is 136 Å². The lowest BCUT2D eigenvalue weighted by Gasteiger charge is -2.39. The SMILES string of the molecule is CC1(C)[C@H]2CC[C@@]1(C)[C@@H](NC(=O)c1cnc3ccccc3n1)C2. The molecule has 1 aromatic carbocycles. The predicted molar refractivity (Wildman–Crippen MR) is 90.0 cm³/mol. The second kappa shape index (κ2) is 4.76. The molecule has 2 saturated carbocycles. The number of nitrogens with one attached hydrogen (secondary N) is 1. The van der Waals surface area contributed by atoms with Crippen molar-refractivity contribution in [1.29, 1.82) is 0 Å². The standard InChI is InChI=1S/C19H23N3O/c1-18(2)12-8-9-19(18,3)16(10-12)22-17(23)15-11-20-13-6-4-5-7-14(13)21-15/h4-7,11-12,16H,8-10H2,1-3H3,(H,22,23)/t12-,16-,19-/m0/s1. The maximum absolute atomic E-state index is 12.7. The summed E-state index contributed by atoms with van der Waals surface area (Å²) >= 11 is 0. The van der Waals surface area contributed by atoms with Crippen LogP contribution in [0.5, 0.6) is 0 Å². The number of amides is 1. The van der Waals surface area contributed by atoms with E-state index in [0.29, 0.717) is 17.0 Å². The zero-order valence-electron chi connectivity index (χ0n) is 14.0. The molecule has 23 heavy (non-hydrogen) atoms. The highest BCUT2D eigenvalue weighted by molar-refractivity contribution is 5.94. The van der Waals surface area contributed by atoms with Gasteiger partial charge < -0.3 is 5.32 Å². The van der Waals surface area contributed by atoms with Crippen molar-refractivity contribution in [1.82, 2.24) is 15.3 Å². The molecular weight excluding hydrogens is 286 g/mol. The first kappa shape index (κ1) is 14.6. The van der Waals surface area contributed by atoms with Crippen LogP contribution in [0.3, 0.4) is 0 Å². The molecule has 4 nitrogen and oxygen atoms in total. The summed E-state index contributed by atoms with van der Waals surface area (Å²) in [5, 5.41) is 3.25. The second-order valence-corrected chi connectivity index (χ2v) is 7.88. The van der Waals surface area contributed by atoms with Gasteiger partial charge in [0.15, 0.2) is 0 Å². The molecule has 2 fully saturated rings. The quantitative estimate of drug-likeness (QED) is 0.922. The molecule has 4 rings (SSSR count). The number of para-hydroxylation sites is 2. The van der Waals surface area contributed by atoms with Crippen molar-refractivity contribution in [3.05, 3.63) is 36.2 Å². The van der Waals surface area contributed by atoms with E-state index < -0.39 is 0 Å². The van der Waals surface area contributed by atoms with Gasteiger partial charge in [0.05, 0.1) is 17.2 Å². The molecule has 2 bridgehead atoms. The lowest BCUT2D eigenvalue weighted by Crippen LogP contribution is -2.47. The van der Waals surface area contributed by atoms with Gasteiger partial charge in [-0.05, 0) is 48.1 Å². The minimum Gasteiger partial charge on any atom is -0.347 e. The molecule has 0 spiro atoms. The lowest BCUT2D eigenvalue weighted by atomic mass is 9.69. The fraction of sp³-hybridized carbons (Fsp3) is 0.526. The van der Waals surface area contributed by atoms with Crippen LogP contribution in [0.15, 0.2) is 30.5 Å². The van der Waals surface area contributed by atoms with Gasteiger partial charge in [-0.3, -0.25) is 9.78 Å².